The molecule has 0 amide bonds. The van der Waals surface area contributed by atoms with Crippen LogP contribution in [0.1, 0.15) is 16.8 Å². The Morgan fingerprint density at radius 3 is 2.39 bits per heavy atom. The van der Waals surface area contributed by atoms with Gasteiger partial charge in [0.1, 0.15) is 23.0 Å². The summed E-state index contributed by atoms with van der Waals surface area (Å²) < 4.78 is 44.3. The van der Waals surface area contributed by atoms with Crippen molar-refractivity contribution >= 4 is 22.6 Å². The largest absolute Gasteiger partial charge is 0.477 e. The molecule has 2 aromatic carbocycles. The molecule has 5 rings (SSSR count). The van der Waals surface area contributed by atoms with Crippen LogP contribution in [0.15, 0.2) is 41.3 Å². The average Bonchev–Trinajstić information content (AvgIpc) is 3.28. The van der Waals surface area contributed by atoms with Crippen molar-refractivity contribution in [3.05, 3.63) is 69.8 Å². The fourth-order valence-corrected chi connectivity index (χ4v) is 4.74. The second-order valence-corrected chi connectivity index (χ2v) is 8.10. The number of carboxylic acids is 1. The highest BCUT2D eigenvalue weighted by Gasteiger charge is 2.42. The van der Waals surface area contributed by atoms with E-state index in [0.29, 0.717) is 18.7 Å². The van der Waals surface area contributed by atoms with E-state index < -0.39 is 34.4 Å². The number of hydrogen-bond donors (Lipinski definition) is 1. The van der Waals surface area contributed by atoms with Crippen LogP contribution >= 0.6 is 0 Å². The van der Waals surface area contributed by atoms with Gasteiger partial charge in [-0.3, -0.25) is 9.69 Å². The van der Waals surface area contributed by atoms with Gasteiger partial charge in [0.15, 0.2) is 0 Å². The summed E-state index contributed by atoms with van der Waals surface area (Å²) in [6, 6.07) is 5.71. The molecule has 0 spiro atoms. The standard InChI is InChI=1S/C22H18F3N3O3/c1-26-8-13-5-12(26)9-27(13)20-7-19-14(6-17(20)25)21(29)15(22(30)31)10-28(19)18-3-2-11(23)4-16(18)24/h2-4,6-7,10,12-13H,5,8-9H2,1H3,(H,30,31)/t12-,13-/m0/s1. The van der Waals surface area contributed by atoms with Gasteiger partial charge in [-0.15, -0.1) is 0 Å². The fourth-order valence-electron chi connectivity index (χ4n) is 4.74. The number of aromatic carboxylic acids is 1. The minimum absolute atomic E-state index is 0.114. The van der Waals surface area contributed by atoms with Crippen molar-refractivity contribution in [2.24, 2.45) is 0 Å². The number of likely N-dealkylation sites (N-methyl/N-ethyl adjacent to an activating group) is 1. The SMILES string of the molecule is CN1C[C@@H]2C[C@H]1CN2c1cc2c(cc1F)c(=O)c(C(=O)O)cn2-c1ccc(F)cc1F. The molecule has 3 heterocycles. The minimum Gasteiger partial charge on any atom is -0.477 e. The molecule has 9 heteroatoms. The first-order valence-electron chi connectivity index (χ1n) is 9.79. The van der Waals surface area contributed by atoms with E-state index in [1.807, 2.05) is 11.9 Å². The number of pyridine rings is 1. The predicted molar refractivity (Wildman–Crippen MR) is 109 cm³/mol. The van der Waals surface area contributed by atoms with Crippen LogP contribution in [-0.2, 0) is 0 Å². The third kappa shape index (κ3) is 2.99. The van der Waals surface area contributed by atoms with Gasteiger partial charge in [0.2, 0.25) is 5.43 Å². The normalized spacial score (nSPS) is 20.7. The Balaban J connectivity index is 1.77. The number of halogens is 3. The van der Waals surface area contributed by atoms with Crippen molar-refractivity contribution in [1.29, 1.82) is 0 Å². The Kier molecular flexibility index (Phi) is 4.33. The minimum atomic E-state index is -1.52. The van der Waals surface area contributed by atoms with E-state index in [2.05, 4.69) is 4.90 Å². The lowest BCUT2D eigenvalue weighted by Crippen LogP contribution is -2.44. The molecule has 31 heavy (non-hydrogen) atoms. The van der Waals surface area contributed by atoms with Crippen LogP contribution in [0.3, 0.4) is 0 Å². The molecule has 6 nitrogen and oxygen atoms in total. The number of benzene rings is 2. The van der Waals surface area contributed by atoms with Gasteiger partial charge < -0.3 is 14.6 Å². The van der Waals surface area contributed by atoms with Gasteiger partial charge in [0, 0.05) is 42.8 Å². The van der Waals surface area contributed by atoms with Crippen LogP contribution in [0.25, 0.3) is 16.6 Å². The van der Waals surface area contributed by atoms with Crippen molar-refractivity contribution in [1.82, 2.24) is 9.47 Å². The number of rotatable bonds is 3. The van der Waals surface area contributed by atoms with Gasteiger partial charge >= 0.3 is 5.97 Å². The average molecular weight is 429 g/mol. The molecule has 0 aliphatic carbocycles. The van der Waals surface area contributed by atoms with E-state index in [-0.39, 0.29) is 28.3 Å². The van der Waals surface area contributed by atoms with Crippen molar-refractivity contribution in [2.75, 3.05) is 25.0 Å². The predicted octanol–water partition coefficient (Wildman–Crippen LogP) is 3.00. The summed E-state index contributed by atoms with van der Waals surface area (Å²) in [6.07, 6.45) is 1.89. The topological polar surface area (TPSA) is 65.8 Å². The Labute approximate surface area is 174 Å². The zero-order chi connectivity index (χ0) is 22.0. The van der Waals surface area contributed by atoms with Crippen molar-refractivity contribution in [2.45, 2.75) is 18.5 Å². The van der Waals surface area contributed by atoms with Crippen LogP contribution in [0.4, 0.5) is 18.9 Å². The highest BCUT2D eigenvalue weighted by atomic mass is 19.1. The Morgan fingerprint density at radius 1 is 1.03 bits per heavy atom. The lowest BCUT2D eigenvalue weighted by atomic mass is 10.1. The van der Waals surface area contributed by atoms with E-state index in [1.54, 1.807) is 0 Å². The van der Waals surface area contributed by atoms with Crippen LogP contribution < -0.4 is 10.3 Å². The number of carboxylic acid groups (broad SMARTS) is 1. The van der Waals surface area contributed by atoms with Crippen molar-refractivity contribution < 1.29 is 23.1 Å². The van der Waals surface area contributed by atoms with Crippen molar-refractivity contribution in [3.8, 4) is 5.69 Å². The maximum Gasteiger partial charge on any atom is 0.341 e. The van der Waals surface area contributed by atoms with Gasteiger partial charge in [-0.2, -0.15) is 0 Å². The molecule has 2 fully saturated rings. The number of aromatic nitrogens is 1. The monoisotopic (exact) mass is 429 g/mol. The second-order valence-electron chi connectivity index (χ2n) is 8.10. The molecular weight excluding hydrogens is 411 g/mol. The lowest BCUT2D eigenvalue weighted by molar-refractivity contribution is 0.0695. The second kappa shape index (κ2) is 6.84. The number of nitrogens with zero attached hydrogens (tertiary/aromatic N) is 3. The Morgan fingerprint density at radius 2 is 1.77 bits per heavy atom. The number of piperazine rings is 1. The van der Waals surface area contributed by atoms with Crippen LogP contribution in [0, 0.1) is 17.5 Å². The molecule has 0 unspecified atom stereocenters. The first kappa shape index (κ1) is 19.6. The smallest absolute Gasteiger partial charge is 0.341 e. The fraction of sp³-hybridized carbons (Fsp3) is 0.273. The summed E-state index contributed by atoms with van der Waals surface area (Å²) in [5.41, 5.74) is -1.23. The first-order chi connectivity index (χ1) is 14.7. The number of carbonyl (C=O) groups is 1. The molecular formula is C22H18F3N3O3. The maximum absolute atomic E-state index is 15.1. The number of anilines is 1. The molecule has 0 radical (unpaired) electrons. The third-order valence-corrected chi connectivity index (χ3v) is 6.30. The zero-order valence-corrected chi connectivity index (χ0v) is 16.5. The quantitative estimate of drug-likeness (QED) is 0.694. The van der Waals surface area contributed by atoms with Gasteiger partial charge in [0.05, 0.1) is 16.9 Å². The molecule has 2 saturated heterocycles. The van der Waals surface area contributed by atoms with E-state index in [1.165, 1.54) is 10.6 Å². The summed E-state index contributed by atoms with van der Waals surface area (Å²) in [7, 11) is 2.02. The van der Waals surface area contributed by atoms with Gasteiger partial charge in [-0.25, -0.2) is 18.0 Å². The summed E-state index contributed by atoms with van der Waals surface area (Å²) in [5, 5.41) is 9.24. The van der Waals surface area contributed by atoms with Gasteiger partial charge in [0.25, 0.3) is 0 Å². The van der Waals surface area contributed by atoms with Gasteiger partial charge in [-0.1, -0.05) is 0 Å². The molecule has 1 aromatic heterocycles. The Bertz CT molecular complexity index is 1300. The number of fused-ring (bicyclic) bond motifs is 3. The molecule has 1 N–H and O–H groups in total. The highest BCUT2D eigenvalue weighted by Crippen LogP contribution is 2.36. The molecule has 2 atom stereocenters. The summed E-state index contributed by atoms with van der Waals surface area (Å²) in [5.74, 6) is -3.90. The summed E-state index contributed by atoms with van der Waals surface area (Å²) in [4.78, 5) is 28.4. The van der Waals surface area contributed by atoms with Gasteiger partial charge in [-0.05, 0) is 37.7 Å². The molecule has 2 aliphatic heterocycles. The zero-order valence-electron chi connectivity index (χ0n) is 16.5. The summed E-state index contributed by atoms with van der Waals surface area (Å²) >= 11 is 0. The molecule has 2 aliphatic rings. The van der Waals surface area contributed by atoms with Crippen LogP contribution in [0.2, 0.25) is 0 Å². The Hall–Kier alpha value is -3.33. The van der Waals surface area contributed by atoms with Crippen molar-refractivity contribution in [3.63, 3.8) is 0 Å². The molecule has 160 valence electrons. The van der Waals surface area contributed by atoms with E-state index >= 15 is 4.39 Å². The highest BCUT2D eigenvalue weighted by molar-refractivity contribution is 5.94. The lowest BCUT2D eigenvalue weighted by Gasteiger charge is -2.34. The molecule has 0 saturated carbocycles. The van der Waals surface area contributed by atoms with E-state index in [9.17, 15) is 23.5 Å². The van der Waals surface area contributed by atoms with E-state index in [0.717, 1.165) is 37.4 Å². The third-order valence-electron chi connectivity index (χ3n) is 6.30. The van der Waals surface area contributed by atoms with E-state index in [4.69, 9.17) is 0 Å². The first-order valence-corrected chi connectivity index (χ1v) is 9.79. The van der Waals surface area contributed by atoms with Crippen LogP contribution in [0.5, 0.6) is 0 Å². The maximum atomic E-state index is 15.1. The molecule has 3 aromatic rings. The number of hydrogen-bond acceptors (Lipinski definition) is 4. The molecule has 2 bridgehead atoms. The number of likely N-dealkylation sites (tertiary alicyclic amines) is 1. The van der Waals surface area contributed by atoms with Crippen LogP contribution in [-0.4, -0.2) is 52.8 Å². The summed E-state index contributed by atoms with van der Waals surface area (Å²) in [6.45, 7) is 1.39.